The maximum absolute atomic E-state index is 12.3. The van der Waals surface area contributed by atoms with Gasteiger partial charge in [0.05, 0.1) is 15.8 Å². The van der Waals surface area contributed by atoms with Crippen LogP contribution in [0.2, 0.25) is 0 Å². The second-order valence-electron chi connectivity index (χ2n) is 7.40. The van der Waals surface area contributed by atoms with Crippen molar-refractivity contribution in [3.05, 3.63) is 70.3 Å². The molecule has 170 valence electrons. The zero-order chi connectivity index (χ0) is 23.3. The van der Waals surface area contributed by atoms with Gasteiger partial charge in [-0.2, -0.15) is 0 Å². The fraction of sp³-hybridized carbons (Fsp3) is 0.286. The lowest BCUT2D eigenvalue weighted by molar-refractivity contribution is 0.132. The van der Waals surface area contributed by atoms with Gasteiger partial charge in [-0.1, -0.05) is 29.8 Å². The van der Waals surface area contributed by atoms with Crippen molar-refractivity contribution in [3.63, 3.8) is 0 Å². The standard InChI is InChI=1S/C21H26N6O4S/c1-13-8-10-14(11-9-13)32(30,31)27-21(23)24-12-4-6-16(22)18(28)19-25-17-7-3-2-5-15(17)20(29)26-19/h2-3,5,7-11,16,18,28H,4,6,12,22H2,1H3,(H3,23,24,27)(H,25,26,29)/t16-,18?/m0/s1. The molecule has 1 aromatic heterocycles. The van der Waals surface area contributed by atoms with E-state index in [0.717, 1.165) is 5.56 Å². The number of sulfonamides is 1. The summed E-state index contributed by atoms with van der Waals surface area (Å²) in [5.41, 5.74) is 12.8. The maximum atomic E-state index is 12.3. The molecule has 0 spiro atoms. The van der Waals surface area contributed by atoms with E-state index in [1.807, 2.05) is 6.92 Å². The molecule has 0 saturated heterocycles. The Morgan fingerprint density at radius 3 is 2.62 bits per heavy atom. The van der Waals surface area contributed by atoms with Crippen LogP contribution >= 0.6 is 0 Å². The smallest absolute Gasteiger partial charge is 0.264 e. The van der Waals surface area contributed by atoms with Crippen LogP contribution in [0.4, 0.5) is 0 Å². The number of nitrogens with zero attached hydrogens (tertiary/aromatic N) is 2. The number of aliphatic imine (C=N–C) groups is 1. The van der Waals surface area contributed by atoms with Crippen molar-refractivity contribution in [3.8, 4) is 0 Å². The van der Waals surface area contributed by atoms with Crippen molar-refractivity contribution in [2.24, 2.45) is 16.5 Å². The van der Waals surface area contributed by atoms with Gasteiger partial charge in [-0.3, -0.25) is 9.79 Å². The maximum Gasteiger partial charge on any atom is 0.264 e. The van der Waals surface area contributed by atoms with E-state index in [0.29, 0.717) is 23.7 Å². The van der Waals surface area contributed by atoms with Crippen LogP contribution in [0.3, 0.4) is 0 Å². The first kappa shape index (κ1) is 23.4. The molecule has 2 atom stereocenters. The largest absolute Gasteiger partial charge is 0.384 e. The number of fused-ring (bicyclic) bond motifs is 1. The van der Waals surface area contributed by atoms with Crippen LogP contribution in [0.25, 0.3) is 10.9 Å². The topological polar surface area (TPSA) is 177 Å². The van der Waals surface area contributed by atoms with E-state index >= 15 is 0 Å². The summed E-state index contributed by atoms with van der Waals surface area (Å²) in [5, 5.41) is 10.9. The number of aliphatic hydroxyl groups is 1. The number of aromatic amines is 1. The van der Waals surface area contributed by atoms with Crippen molar-refractivity contribution in [1.29, 1.82) is 0 Å². The molecule has 1 unspecified atom stereocenters. The third-order valence-electron chi connectivity index (χ3n) is 4.86. The summed E-state index contributed by atoms with van der Waals surface area (Å²) in [6.07, 6.45) is -0.393. The highest BCUT2D eigenvalue weighted by molar-refractivity contribution is 7.90. The number of aliphatic hydroxyl groups excluding tert-OH is 1. The number of hydrogen-bond donors (Lipinski definition) is 5. The number of guanidine groups is 1. The van der Waals surface area contributed by atoms with Crippen molar-refractivity contribution < 1.29 is 13.5 Å². The molecule has 0 bridgehead atoms. The minimum Gasteiger partial charge on any atom is -0.384 e. The van der Waals surface area contributed by atoms with Gasteiger partial charge in [-0.05, 0) is 44.0 Å². The Morgan fingerprint density at radius 2 is 1.91 bits per heavy atom. The number of nitrogens with two attached hydrogens (primary N) is 2. The molecule has 11 heteroatoms. The predicted molar refractivity (Wildman–Crippen MR) is 123 cm³/mol. The molecule has 7 N–H and O–H groups in total. The molecule has 32 heavy (non-hydrogen) atoms. The molecule has 1 heterocycles. The fourth-order valence-corrected chi connectivity index (χ4v) is 4.03. The minimum atomic E-state index is -3.81. The lowest BCUT2D eigenvalue weighted by Crippen LogP contribution is -2.37. The molecule has 0 amide bonds. The van der Waals surface area contributed by atoms with Crippen LogP contribution in [0.15, 0.2) is 63.2 Å². The summed E-state index contributed by atoms with van der Waals surface area (Å²) in [7, 11) is -3.81. The molecule has 3 aromatic rings. The Labute approximate surface area is 185 Å². The molecule has 0 aliphatic rings. The summed E-state index contributed by atoms with van der Waals surface area (Å²) in [5.74, 6) is -0.143. The molecule has 0 aliphatic carbocycles. The zero-order valence-electron chi connectivity index (χ0n) is 17.5. The molecule has 0 fully saturated rings. The van der Waals surface area contributed by atoms with Crippen molar-refractivity contribution >= 4 is 26.9 Å². The molecule has 3 rings (SSSR count). The molecule has 0 radical (unpaired) electrons. The number of aromatic nitrogens is 2. The number of rotatable bonds is 8. The number of benzene rings is 2. The van der Waals surface area contributed by atoms with E-state index in [1.165, 1.54) is 12.1 Å². The van der Waals surface area contributed by atoms with Crippen LogP contribution in [0.1, 0.15) is 30.3 Å². The van der Waals surface area contributed by atoms with E-state index in [1.54, 1.807) is 36.4 Å². The van der Waals surface area contributed by atoms with Gasteiger partial charge in [0.15, 0.2) is 0 Å². The second kappa shape index (κ2) is 9.90. The Kier molecular flexibility index (Phi) is 7.23. The van der Waals surface area contributed by atoms with Crippen LogP contribution in [-0.2, 0) is 10.0 Å². The lowest BCUT2D eigenvalue weighted by Gasteiger charge is -2.18. The Bertz CT molecular complexity index is 1270. The zero-order valence-corrected chi connectivity index (χ0v) is 18.3. The van der Waals surface area contributed by atoms with Gasteiger partial charge in [-0.15, -0.1) is 0 Å². The summed E-state index contributed by atoms with van der Waals surface area (Å²) >= 11 is 0. The Morgan fingerprint density at radius 1 is 1.22 bits per heavy atom. The minimum absolute atomic E-state index is 0.0864. The van der Waals surface area contributed by atoms with Crippen LogP contribution in [0.5, 0.6) is 0 Å². The van der Waals surface area contributed by atoms with E-state index < -0.39 is 22.2 Å². The molecule has 10 nitrogen and oxygen atoms in total. The number of hydrogen-bond acceptors (Lipinski definition) is 7. The second-order valence-corrected chi connectivity index (χ2v) is 9.09. The van der Waals surface area contributed by atoms with Crippen LogP contribution in [0, 0.1) is 6.92 Å². The highest BCUT2D eigenvalue weighted by atomic mass is 32.2. The summed E-state index contributed by atoms with van der Waals surface area (Å²) in [4.78, 5) is 23.1. The van der Waals surface area contributed by atoms with Gasteiger partial charge < -0.3 is 21.6 Å². The highest BCUT2D eigenvalue weighted by Gasteiger charge is 2.20. The summed E-state index contributed by atoms with van der Waals surface area (Å²) in [6.45, 7) is 2.05. The number of H-pyrrole nitrogens is 1. The van der Waals surface area contributed by atoms with Gasteiger partial charge >= 0.3 is 0 Å². The van der Waals surface area contributed by atoms with Gasteiger partial charge in [0.25, 0.3) is 15.6 Å². The fourth-order valence-electron chi connectivity index (χ4n) is 3.08. The number of para-hydroxylation sites is 1. The molecular weight excluding hydrogens is 432 g/mol. The van der Waals surface area contributed by atoms with Gasteiger partial charge in [-0.25, -0.2) is 18.1 Å². The first-order chi connectivity index (χ1) is 15.2. The average Bonchev–Trinajstić information content (AvgIpc) is 2.76. The lowest BCUT2D eigenvalue weighted by atomic mass is 10.1. The Balaban J connectivity index is 1.55. The summed E-state index contributed by atoms with van der Waals surface area (Å²) in [6, 6.07) is 12.4. The third-order valence-corrected chi connectivity index (χ3v) is 6.24. The van der Waals surface area contributed by atoms with E-state index in [4.69, 9.17) is 11.5 Å². The average molecular weight is 459 g/mol. The predicted octanol–water partition coefficient (Wildman–Crippen LogP) is 0.666. The van der Waals surface area contributed by atoms with Crippen molar-refractivity contribution in [2.75, 3.05) is 6.54 Å². The Hall–Kier alpha value is -3.28. The van der Waals surface area contributed by atoms with E-state index in [9.17, 15) is 18.3 Å². The quantitative estimate of drug-likeness (QED) is 0.187. The molecule has 0 aliphatic heterocycles. The van der Waals surface area contributed by atoms with Crippen molar-refractivity contribution in [1.82, 2.24) is 14.7 Å². The number of nitrogens with one attached hydrogen (secondary N) is 2. The van der Waals surface area contributed by atoms with Crippen LogP contribution < -0.4 is 21.7 Å². The van der Waals surface area contributed by atoms with Gasteiger partial charge in [0, 0.05) is 12.6 Å². The highest BCUT2D eigenvalue weighted by Crippen LogP contribution is 2.16. The third kappa shape index (κ3) is 5.69. The number of aryl methyl sites for hydroxylation is 1. The molecule has 0 saturated carbocycles. The SMILES string of the molecule is Cc1ccc(S(=O)(=O)NC(N)=NCCC[C@H](N)C(O)c2nc3ccccc3c(=O)[nH]2)cc1. The van der Waals surface area contributed by atoms with Gasteiger partial charge in [0.2, 0.25) is 5.96 Å². The van der Waals surface area contributed by atoms with Crippen molar-refractivity contribution in [2.45, 2.75) is 36.8 Å². The normalized spacial score (nSPS) is 14.3. The van der Waals surface area contributed by atoms with E-state index in [-0.39, 0.29) is 28.8 Å². The monoisotopic (exact) mass is 458 g/mol. The summed E-state index contributed by atoms with van der Waals surface area (Å²) < 4.78 is 26.8. The first-order valence-electron chi connectivity index (χ1n) is 9.99. The van der Waals surface area contributed by atoms with Gasteiger partial charge in [0.1, 0.15) is 11.9 Å². The van der Waals surface area contributed by atoms with E-state index in [2.05, 4.69) is 19.7 Å². The van der Waals surface area contributed by atoms with Crippen LogP contribution in [-0.4, -0.2) is 42.0 Å². The molecular formula is C21H26N6O4S. The molecule has 2 aromatic carbocycles. The first-order valence-corrected chi connectivity index (χ1v) is 11.5.